The van der Waals surface area contributed by atoms with Crippen molar-refractivity contribution in [1.29, 1.82) is 0 Å². The number of hydrogen-bond donors (Lipinski definition) is 1. The maximum Gasteiger partial charge on any atom is 0.150 e. The number of terminal acetylenes is 1. The van der Waals surface area contributed by atoms with Crippen LogP contribution in [0.25, 0.3) is 0 Å². The summed E-state index contributed by atoms with van der Waals surface area (Å²) in [5, 5.41) is 9.51. The number of β-amino-alcohol motifs (C(OH)–C–C–N with tert-alkyl or cyclic N) is 1. The Morgan fingerprint density at radius 1 is 1.50 bits per heavy atom. The third-order valence-corrected chi connectivity index (χ3v) is 1.94. The highest BCUT2D eigenvalue weighted by Gasteiger charge is 2.40. The molecule has 1 rings (SSSR count). The van der Waals surface area contributed by atoms with E-state index in [-0.39, 0.29) is 5.41 Å². The second-order valence-electron chi connectivity index (χ2n) is 4.88. The standard InChI is InChI=1S/C10H17NO/c1-5-10(12)7-11(8-10)6-9(2,3)4/h1,12H,6-8H2,2-4H3. The predicted molar refractivity (Wildman–Crippen MR) is 49.7 cm³/mol. The molecule has 1 aliphatic rings. The minimum Gasteiger partial charge on any atom is -0.375 e. The van der Waals surface area contributed by atoms with Crippen molar-refractivity contribution in [2.45, 2.75) is 26.4 Å². The highest BCUT2D eigenvalue weighted by atomic mass is 16.3. The van der Waals surface area contributed by atoms with Crippen molar-refractivity contribution in [2.75, 3.05) is 19.6 Å². The lowest BCUT2D eigenvalue weighted by Crippen LogP contribution is -2.62. The fourth-order valence-corrected chi connectivity index (χ4v) is 1.57. The topological polar surface area (TPSA) is 23.5 Å². The van der Waals surface area contributed by atoms with Crippen molar-refractivity contribution in [3.8, 4) is 12.3 Å². The van der Waals surface area contributed by atoms with E-state index in [1.54, 1.807) is 0 Å². The minimum atomic E-state index is -0.842. The molecule has 0 amide bonds. The van der Waals surface area contributed by atoms with Crippen LogP contribution in [0.4, 0.5) is 0 Å². The summed E-state index contributed by atoms with van der Waals surface area (Å²) in [7, 11) is 0. The van der Waals surface area contributed by atoms with Gasteiger partial charge in [0.25, 0.3) is 0 Å². The van der Waals surface area contributed by atoms with Crippen LogP contribution in [0.5, 0.6) is 0 Å². The summed E-state index contributed by atoms with van der Waals surface area (Å²) in [5.74, 6) is 2.41. The molecular weight excluding hydrogens is 150 g/mol. The van der Waals surface area contributed by atoms with Crippen molar-refractivity contribution in [2.24, 2.45) is 5.41 Å². The smallest absolute Gasteiger partial charge is 0.150 e. The van der Waals surface area contributed by atoms with E-state index < -0.39 is 5.60 Å². The zero-order chi connectivity index (χ0) is 9.41. The van der Waals surface area contributed by atoms with E-state index >= 15 is 0 Å². The second-order valence-corrected chi connectivity index (χ2v) is 4.88. The molecule has 0 radical (unpaired) electrons. The summed E-state index contributed by atoms with van der Waals surface area (Å²) < 4.78 is 0. The van der Waals surface area contributed by atoms with Gasteiger partial charge in [0.15, 0.2) is 0 Å². The molecule has 1 fully saturated rings. The molecule has 0 spiro atoms. The summed E-state index contributed by atoms with van der Waals surface area (Å²) in [4.78, 5) is 2.18. The molecule has 1 N–H and O–H groups in total. The average molecular weight is 167 g/mol. The fraction of sp³-hybridized carbons (Fsp3) is 0.800. The SMILES string of the molecule is C#CC1(O)CN(CC(C)(C)C)C1. The lowest BCUT2D eigenvalue weighted by molar-refractivity contribution is -0.0649. The molecule has 0 aromatic heterocycles. The van der Waals surface area contributed by atoms with Gasteiger partial charge < -0.3 is 5.11 Å². The van der Waals surface area contributed by atoms with Crippen LogP contribution in [-0.2, 0) is 0 Å². The van der Waals surface area contributed by atoms with Crippen LogP contribution in [-0.4, -0.2) is 35.2 Å². The number of likely N-dealkylation sites (tertiary alicyclic amines) is 1. The summed E-state index contributed by atoms with van der Waals surface area (Å²) >= 11 is 0. The molecule has 1 saturated heterocycles. The van der Waals surface area contributed by atoms with Gasteiger partial charge in [-0.1, -0.05) is 26.7 Å². The first kappa shape index (κ1) is 9.57. The number of hydrogen-bond acceptors (Lipinski definition) is 2. The van der Waals surface area contributed by atoms with Crippen LogP contribution in [0.1, 0.15) is 20.8 Å². The Morgan fingerprint density at radius 3 is 2.33 bits per heavy atom. The van der Waals surface area contributed by atoms with Crippen LogP contribution < -0.4 is 0 Å². The third-order valence-electron chi connectivity index (χ3n) is 1.94. The van der Waals surface area contributed by atoms with Crippen molar-refractivity contribution >= 4 is 0 Å². The maximum atomic E-state index is 9.51. The largest absolute Gasteiger partial charge is 0.375 e. The molecule has 0 bridgehead atoms. The van der Waals surface area contributed by atoms with Crippen molar-refractivity contribution in [3.63, 3.8) is 0 Å². The molecule has 0 aliphatic carbocycles. The van der Waals surface area contributed by atoms with Crippen LogP contribution >= 0.6 is 0 Å². The van der Waals surface area contributed by atoms with Crippen LogP contribution in [0, 0.1) is 17.8 Å². The Morgan fingerprint density at radius 2 is 2.00 bits per heavy atom. The van der Waals surface area contributed by atoms with Gasteiger partial charge >= 0.3 is 0 Å². The fourth-order valence-electron chi connectivity index (χ4n) is 1.57. The zero-order valence-corrected chi connectivity index (χ0v) is 8.09. The lowest BCUT2D eigenvalue weighted by atomic mass is 9.89. The van der Waals surface area contributed by atoms with Crippen molar-refractivity contribution in [3.05, 3.63) is 0 Å². The highest BCUT2D eigenvalue weighted by molar-refractivity contribution is 5.16. The number of rotatable bonds is 1. The third kappa shape index (κ3) is 2.23. The molecule has 0 atom stereocenters. The zero-order valence-electron chi connectivity index (χ0n) is 8.09. The van der Waals surface area contributed by atoms with E-state index in [1.807, 2.05) is 0 Å². The summed E-state index contributed by atoms with van der Waals surface area (Å²) in [6, 6.07) is 0. The number of aliphatic hydroxyl groups is 1. The lowest BCUT2D eigenvalue weighted by Gasteiger charge is -2.45. The van der Waals surface area contributed by atoms with E-state index in [1.165, 1.54) is 0 Å². The molecular formula is C10H17NO. The summed E-state index contributed by atoms with van der Waals surface area (Å²) in [5.41, 5.74) is -0.554. The van der Waals surface area contributed by atoms with Gasteiger partial charge in [-0.15, -0.1) is 6.42 Å². The van der Waals surface area contributed by atoms with Crippen LogP contribution in [0.3, 0.4) is 0 Å². The molecule has 1 heterocycles. The Kier molecular flexibility index (Phi) is 2.20. The molecule has 2 heteroatoms. The van der Waals surface area contributed by atoms with Crippen molar-refractivity contribution < 1.29 is 5.11 Å². The molecule has 68 valence electrons. The van der Waals surface area contributed by atoms with Gasteiger partial charge in [0, 0.05) is 19.6 Å². The average Bonchev–Trinajstić information content (AvgIpc) is 1.81. The first-order valence-electron chi connectivity index (χ1n) is 4.27. The monoisotopic (exact) mass is 167 g/mol. The van der Waals surface area contributed by atoms with Gasteiger partial charge in [-0.3, -0.25) is 4.90 Å². The van der Waals surface area contributed by atoms with Crippen LogP contribution in [0.15, 0.2) is 0 Å². The summed E-state index contributed by atoms with van der Waals surface area (Å²) in [6.45, 7) is 8.79. The number of nitrogens with zero attached hydrogens (tertiary/aromatic N) is 1. The molecule has 12 heavy (non-hydrogen) atoms. The first-order chi connectivity index (χ1) is 5.35. The maximum absolute atomic E-state index is 9.51. The van der Waals surface area contributed by atoms with Gasteiger partial charge in [0.1, 0.15) is 5.60 Å². The highest BCUT2D eigenvalue weighted by Crippen LogP contribution is 2.24. The summed E-state index contributed by atoms with van der Waals surface area (Å²) in [6.07, 6.45) is 5.17. The van der Waals surface area contributed by atoms with E-state index in [2.05, 4.69) is 31.6 Å². The normalized spacial score (nSPS) is 22.9. The van der Waals surface area contributed by atoms with E-state index in [0.717, 1.165) is 6.54 Å². The predicted octanol–water partition coefficient (Wildman–Crippen LogP) is 0.712. The van der Waals surface area contributed by atoms with E-state index in [4.69, 9.17) is 6.42 Å². The first-order valence-corrected chi connectivity index (χ1v) is 4.27. The Hall–Kier alpha value is -0.520. The second kappa shape index (κ2) is 2.76. The van der Waals surface area contributed by atoms with Gasteiger partial charge in [-0.2, -0.15) is 0 Å². The van der Waals surface area contributed by atoms with E-state index in [0.29, 0.717) is 13.1 Å². The molecule has 0 aromatic carbocycles. The minimum absolute atomic E-state index is 0.288. The Balaban J connectivity index is 2.32. The molecule has 2 nitrogen and oxygen atoms in total. The van der Waals surface area contributed by atoms with Crippen LogP contribution in [0.2, 0.25) is 0 Å². The molecule has 0 unspecified atom stereocenters. The molecule has 0 saturated carbocycles. The Bertz CT molecular complexity index is 203. The quantitative estimate of drug-likeness (QED) is 0.581. The van der Waals surface area contributed by atoms with E-state index in [9.17, 15) is 5.11 Å². The molecule has 0 aromatic rings. The van der Waals surface area contributed by atoms with Gasteiger partial charge in [-0.05, 0) is 5.41 Å². The van der Waals surface area contributed by atoms with Gasteiger partial charge in [0.2, 0.25) is 0 Å². The van der Waals surface area contributed by atoms with Gasteiger partial charge in [0.05, 0.1) is 0 Å². The van der Waals surface area contributed by atoms with Gasteiger partial charge in [-0.25, -0.2) is 0 Å². The molecule has 1 aliphatic heterocycles. The Labute approximate surface area is 74.6 Å². The van der Waals surface area contributed by atoms with Crippen molar-refractivity contribution in [1.82, 2.24) is 4.90 Å².